The van der Waals surface area contributed by atoms with Crippen LogP contribution in [0.25, 0.3) is 5.65 Å². The average molecular weight is 301 g/mol. The highest BCUT2D eigenvalue weighted by atomic mass is 16.5. The Morgan fingerprint density at radius 1 is 1.45 bits per heavy atom. The highest BCUT2D eigenvalue weighted by Crippen LogP contribution is 2.23. The zero-order chi connectivity index (χ0) is 15.7. The molecule has 118 valence electrons. The van der Waals surface area contributed by atoms with Crippen LogP contribution in [0.4, 0.5) is 0 Å². The number of ether oxygens (including phenoxy) is 1. The number of likely N-dealkylation sites (tertiary alicyclic amines) is 1. The molecule has 2 aromatic heterocycles. The molecule has 1 aliphatic heterocycles. The van der Waals surface area contributed by atoms with E-state index >= 15 is 0 Å². The Morgan fingerprint density at radius 2 is 2.27 bits per heavy atom. The van der Waals surface area contributed by atoms with Gasteiger partial charge in [-0.2, -0.15) is 0 Å². The molecular weight excluding hydrogens is 278 g/mol. The Bertz CT molecular complexity index is 678. The predicted octanol–water partition coefficient (Wildman–Crippen LogP) is 2.54. The molecule has 0 spiro atoms. The molecule has 5 nitrogen and oxygen atoms in total. The maximum Gasteiger partial charge on any atom is 0.355 e. The molecule has 0 aliphatic carbocycles. The van der Waals surface area contributed by atoms with Gasteiger partial charge in [0, 0.05) is 24.7 Å². The summed E-state index contributed by atoms with van der Waals surface area (Å²) in [5.41, 5.74) is 2.35. The van der Waals surface area contributed by atoms with Gasteiger partial charge in [0.2, 0.25) is 0 Å². The summed E-state index contributed by atoms with van der Waals surface area (Å²) in [4.78, 5) is 19.1. The lowest BCUT2D eigenvalue weighted by atomic mass is 10.1. The minimum absolute atomic E-state index is 0.334. The molecule has 0 bridgehead atoms. The average Bonchev–Trinajstić information content (AvgIpc) is 3.12. The van der Waals surface area contributed by atoms with E-state index < -0.39 is 0 Å². The van der Waals surface area contributed by atoms with Crippen molar-refractivity contribution in [3.63, 3.8) is 0 Å². The Labute approximate surface area is 130 Å². The van der Waals surface area contributed by atoms with Crippen LogP contribution in [0.5, 0.6) is 0 Å². The summed E-state index contributed by atoms with van der Waals surface area (Å²) in [7, 11) is 1.40. The highest BCUT2D eigenvalue weighted by Gasteiger charge is 2.27. The van der Waals surface area contributed by atoms with E-state index in [4.69, 9.17) is 4.74 Å². The van der Waals surface area contributed by atoms with E-state index in [1.54, 1.807) is 6.07 Å². The fraction of sp³-hybridized carbons (Fsp3) is 0.529. The van der Waals surface area contributed by atoms with Crippen molar-refractivity contribution in [1.29, 1.82) is 0 Å². The van der Waals surface area contributed by atoms with E-state index in [2.05, 4.69) is 23.7 Å². The second-order valence-corrected chi connectivity index (χ2v) is 6.19. The normalized spacial score (nSPS) is 19.2. The molecule has 5 heteroatoms. The summed E-state index contributed by atoms with van der Waals surface area (Å²) in [5, 5.41) is 0. The minimum atomic E-state index is -0.334. The first-order valence-electron chi connectivity index (χ1n) is 7.91. The first-order valence-corrected chi connectivity index (χ1v) is 7.91. The van der Waals surface area contributed by atoms with Crippen molar-refractivity contribution in [2.75, 3.05) is 13.7 Å². The largest absolute Gasteiger partial charge is 0.464 e. The summed E-state index contributed by atoms with van der Waals surface area (Å²) in [5.74, 6) is -0.334. The van der Waals surface area contributed by atoms with Gasteiger partial charge in [0.15, 0.2) is 0 Å². The Hall–Kier alpha value is -1.88. The lowest BCUT2D eigenvalue weighted by Gasteiger charge is -2.27. The van der Waals surface area contributed by atoms with Gasteiger partial charge in [-0.1, -0.05) is 6.07 Å². The van der Waals surface area contributed by atoms with Crippen LogP contribution < -0.4 is 0 Å². The number of carbonyl (C=O) groups excluding carboxylic acids is 1. The van der Waals surface area contributed by atoms with Gasteiger partial charge < -0.3 is 4.74 Å². The van der Waals surface area contributed by atoms with Gasteiger partial charge in [-0.25, -0.2) is 9.78 Å². The van der Waals surface area contributed by atoms with Gasteiger partial charge >= 0.3 is 5.97 Å². The number of hydrogen-bond donors (Lipinski definition) is 0. The van der Waals surface area contributed by atoms with Crippen molar-refractivity contribution >= 4 is 11.6 Å². The number of aromatic nitrogens is 2. The van der Waals surface area contributed by atoms with E-state index in [1.807, 2.05) is 22.7 Å². The molecule has 1 unspecified atom stereocenters. The zero-order valence-electron chi connectivity index (χ0n) is 13.5. The molecule has 22 heavy (non-hydrogen) atoms. The van der Waals surface area contributed by atoms with E-state index in [0.717, 1.165) is 17.8 Å². The van der Waals surface area contributed by atoms with E-state index in [0.29, 0.717) is 17.8 Å². The zero-order valence-corrected chi connectivity index (χ0v) is 13.5. The maximum atomic E-state index is 11.8. The van der Waals surface area contributed by atoms with Gasteiger partial charge in [-0.3, -0.25) is 9.30 Å². The summed E-state index contributed by atoms with van der Waals surface area (Å²) in [6, 6.07) is 6.64. The van der Waals surface area contributed by atoms with Crippen LogP contribution in [-0.2, 0) is 11.2 Å². The van der Waals surface area contributed by atoms with Crippen LogP contribution in [0.3, 0.4) is 0 Å². The number of hydrogen-bond acceptors (Lipinski definition) is 4. The summed E-state index contributed by atoms with van der Waals surface area (Å²) >= 11 is 0. The van der Waals surface area contributed by atoms with Crippen LogP contribution in [0.2, 0.25) is 0 Å². The fourth-order valence-electron chi connectivity index (χ4n) is 3.43. The SMILES string of the molecule is COC(=O)c1cccc2nc(CC3CCCN3C(C)C)cn12. The van der Waals surface area contributed by atoms with Gasteiger partial charge in [-0.05, 0) is 45.4 Å². The molecular formula is C17H23N3O2. The van der Waals surface area contributed by atoms with Crippen molar-refractivity contribution in [2.45, 2.75) is 45.2 Å². The Kier molecular flexibility index (Phi) is 4.16. The van der Waals surface area contributed by atoms with Crippen molar-refractivity contribution in [3.05, 3.63) is 35.8 Å². The molecule has 1 fully saturated rings. The maximum absolute atomic E-state index is 11.8. The van der Waals surface area contributed by atoms with Gasteiger partial charge in [0.25, 0.3) is 0 Å². The van der Waals surface area contributed by atoms with Crippen LogP contribution in [0.1, 0.15) is 42.9 Å². The van der Waals surface area contributed by atoms with Crippen LogP contribution in [0.15, 0.2) is 24.4 Å². The third kappa shape index (κ3) is 2.73. The van der Waals surface area contributed by atoms with Crippen molar-refractivity contribution in [1.82, 2.24) is 14.3 Å². The number of nitrogens with zero attached hydrogens (tertiary/aromatic N) is 3. The molecule has 0 radical (unpaired) electrons. The number of imidazole rings is 1. The number of methoxy groups -OCH3 is 1. The summed E-state index contributed by atoms with van der Waals surface area (Å²) in [6.45, 7) is 5.66. The van der Waals surface area contributed by atoms with Crippen LogP contribution in [-0.4, -0.2) is 46.0 Å². The van der Waals surface area contributed by atoms with Crippen LogP contribution in [0, 0.1) is 0 Å². The number of esters is 1. The molecule has 2 aromatic rings. The van der Waals surface area contributed by atoms with Crippen molar-refractivity contribution in [3.8, 4) is 0 Å². The Morgan fingerprint density at radius 3 is 3.00 bits per heavy atom. The molecule has 1 aliphatic rings. The number of rotatable bonds is 4. The van der Waals surface area contributed by atoms with E-state index in [1.165, 1.54) is 26.5 Å². The second kappa shape index (κ2) is 6.08. The second-order valence-electron chi connectivity index (χ2n) is 6.19. The summed E-state index contributed by atoms with van der Waals surface area (Å²) < 4.78 is 6.67. The lowest BCUT2D eigenvalue weighted by molar-refractivity contribution is 0.0592. The quantitative estimate of drug-likeness (QED) is 0.814. The topological polar surface area (TPSA) is 46.8 Å². The van der Waals surface area contributed by atoms with Gasteiger partial charge in [0.1, 0.15) is 11.3 Å². The third-order valence-electron chi connectivity index (χ3n) is 4.47. The monoisotopic (exact) mass is 301 g/mol. The van der Waals surface area contributed by atoms with Crippen molar-refractivity contribution < 1.29 is 9.53 Å². The number of carbonyl (C=O) groups is 1. The minimum Gasteiger partial charge on any atom is -0.464 e. The first-order chi connectivity index (χ1) is 10.6. The smallest absolute Gasteiger partial charge is 0.355 e. The molecule has 3 heterocycles. The van der Waals surface area contributed by atoms with E-state index in [-0.39, 0.29) is 5.97 Å². The fourth-order valence-corrected chi connectivity index (χ4v) is 3.43. The molecule has 0 aromatic carbocycles. The first kappa shape index (κ1) is 15.0. The Balaban J connectivity index is 1.88. The van der Waals surface area contributed by atoms with Crippen LogP contribution >= 0.6 is 0 Å². The lowest BCUT2D eigenvalue weighted by Crippen LogP contribution is -2.36. The third-order valence-corrected chi connectivity index (χ3v) is 4.47. The van der Waals surface area contributed by atoms with Gasteiger partial charge in [0.05, 0.1) is 12.8 Å². The molecule has 1 saturated heterocycles. The molecule has 3 rings (SSSR count). The summed E-state index contributed by atoms with van der Waals surface area (Å²) in [6.07, 6.45) is 5.37. The van der Waals surface area contributed by atoms with Crippen molar-refractivity contribution in [2.24, 2.45) is 0 Å². The standard InChI is InChI=1S/C17H23N3O2/c1-12(2)19-9-5-6-14(19)10-13-11-20-15(17(21)22-3)7-4-8-16(20)18-13/h4,7-8,11-12,14H,5-6,9-10H2,1-3H3. The highest BCUT2D eigenvalue weighted by molar-refractivity contribution is 5.88. The molecule has 0 N–H and O–H groups in total. The number of pyridine rings is 1. The molecule has 1 atom stereocenters. The predicted molar refractivity (Wildman–Crippen MR) is 85.1 cm³/mol. The van der Waals surface area contributed by atoms with Gasteiger partial charge in [-0.15, -0.1) is 0 Å². The molecule has 0 saturated carbocycles. The molecule has 0 amide bonds. The number of fused-ring (bicyclic) bond motifs is 1. The van der Waals surface area contributed by atoms with E-state index in [9.17, 15) is 4.79 Å².